The molecule has 2 aromatic carbocycles. The van der Waals surface area contributed by atoms with Gasteiger partial charge in [-0.05, 0) is 101 Å². The molecule has 0 amide bonds. The SMILES string of the molecule is CCCCCCCCCCC(CSCCC(C)c1cc(C(C)(C)C)c(O)cc1C)c1cc(C(C)(C)C)c(O)cc1C. The summed E-state index contributed by atoms with van der Waals surface area (Å²) in [6, 6.07) is 8.53. The van der Waals surface area contributed by atoms with Crippen molar-refractivity contribution in [1.29, 1.82) is 0 Å². The van der Waals surface area contributed by atoms with Crippen molar-refractivity contribution >= 4 is 11.8 Å². The second-order valence-electron chi connectivity index (χ2n) is 14.7. The molecule has 0 saturated carbocycles. The maximum Gasteiger partial charge on any atom is 0.119 e. The van der Waals surface area contributed by atoms with Crippen LogP contribution in [-0.4, -0.2) is 21.7 Å². The van der Waals surface area contributed by atoms with Gasteiger partial charge in [0.05, 0.1) is 0 Å². The number of phenolic OH excluding ortho intramolecular Hbond substituents is 2. The third-order valence-corrected chi connectivity index (χ3v) is 9.94. The van der Waals surface area contributed by atoms with Crippen molar-refractivity contribution in [1.82, 2.24) is 0 Å². The number of benzene rings is 2. The number of aryl methyl sites for hydroxylation is 2. The van der Waals surface area contributed by atoms with Crippen LogP contribution in [0.3, 0.4) is 0 Å². The van der Waals surface area contributed by atoms with Crippen LogP contribution in [-0.2, 0) is 10.8 Å². The smallest absolute Gasteiger partial charge is 0.119 e. The van der Waals surface area contributed by atoms with Gasteiger partial charge in [0.2, 0.25) is 0 Å². The van der Waals surface area contributed by atoms with Gasteiger partial charge in [0.15, 0.2) is 0 Å². The molecule has 0 aromatic heterocycles. The highest BCUT2D eigenvalue weighted by molar-refractivity contribution is 7.99. The van der Waals surface area contributed by atoms with Crippen LogP contribution < -0.4 is 0 Å². The number of hydrogen-bond donors (Lipinski definition) is 2. The molecule has 232 valence electrons. The zero-order chi connectivity index (χ0) is 30.8. The Hall–Kier alpha value is -1.61. The summed E-state index contributed by atoms with van der Waals surface area (Å²) in [7, 11) is 0. The molecule has 0 aliphatic rings. The molecule has 0 aliphatic carbocycles. The van der Waals surface area contributed by atoms with Crippen molar-refractivity contribution < 1.29 is 10.2 Å². The highest BCUT2D eigenvalue weighted by Gasteiger charge is 2.24. The van der Waals surface area contributed by atoms with Gasteiger partial charge in [-0.3, -0.25) is 0 Å². The molecule has 0 spiro atoms. The highest BCUT2D eigenvalue weighted by Crippen LogP contribution is 2.39. The third-order valence-electron chi connectivity index (χ3n) is 8.78. The Labute approximate surface area is 258 Å². The molecule has 2 N–H and O–H groups in total. The zero-order valence-electron chi connectivity index (χ0n) is 28.3. The Morgan fingerprint density at radius 2 is 1.12 bits per heavy atom. The summed E-state index contributed by atoms with van der Waals surface area (Å²) in [6.07, 6.45) is 13.1. The number of unbranched alkanes of at least 4 members (excludes halogenated alkanes) is 7. The van der Waals surface area contributed by atoms with Gasteiger partial charge in [-0.25, -0.2) is 0 Å². The second kappa shape index (κ2) is 16.3. The van der Waals surface area contributed by atoms with Crippen molar-refractivity contribution in [2.24, 2.45) is 0 Å². The number of phenols is 2. The topological polar surface area (TPSA) is 40.5 Å². The number of thioether (sulfide) groups is 1. The van der Waals surface area contributed by atoms with E-state index in [1.165, 1.54) is 80.0 Å². The number of hydrogen-bond acceptors (Lipinski definition) is 3. The summed E-state index contributed by atoms with van der Waals surface area (Å²) in [4.78, 5) is 0. The fraction of sp³-hybridized carbons (Fsp3) is 0.684. The monoisotopic (exact) mass is 582 g/mol. The summed E-state index contributed by atoms with van der Waals surface area (Å²) < 4.78 is 0. The van der Waals surface area contributed by atoms with Crippen LogP contribution in [0.1, 0.15) is 165 Å². The normalized spacial score (nSPS) is 13.9. The van der Waals surface area contributed by atoms with Gasteiger partial charge in [-0.1, -0.05) is 119 Å². The molecular formula is C38H62O2S. The molecule has 3 heteroatoms. The lowest BCUT2D eigenvalue weighted by molar-refractivity contribution is 0.444. The Morgan fingerprint density at radius 3 is 1.63 bits per heavy atom. The van der Waals surface area contributed by atoms with E-state index in [9.17, 15) is 10.2 Å². The number of rotatable bonds is 16. The van der Waals surface area contributed by atoms with Gasteiger partial charge in [0, 0.05) is 5.75 Å². The Bertz CT molecular complexity index is 1070. The van der Waals surface area contributed by atoms with Crippen molar-refractivity contribution in [2.45, 2.75) is 156 Å². The molecule has 0 bridgehead atoms. The molecule has 41 heavy (non-hydrogen) atoms. The van der Waals surface area contributed by atoms with E-state index in [0.717, 1.165) is 29.1 Å². The average molecular weight is 583 g/mol. The van der Waals surface area contributed by atoms with Crippen molar-refractivity contribution in [3.05, 3.63) is 57.6 Å². The Morgan fingerprint density at radius 1 is 0.659 bits per heavy atom. The first-order chi connectivity index (χ1) is 19.2. The Balaban J connectivity index is 2.09. The summed E-state index contributed by atoms with van der Waals surface area (Å²) in [5.74, 6) is 4.08. The first-order valence-corrected chi connectivity index (χ1v) is 17.6. The molecule has 2 unspecified atom stereocenters. The average Bonchev–Trinajstić information content (AvgIpc) is 2.85. The van der Waals surface area contributed by atoms with E-state index in [0.29, 0.717) is 23.3 Å². The quantitative estimate of drug-likeness (QED) is 0.193. The standard InChI is InChI=1S/C38H62O2S/c1-11-12-13-14-15-16-17-18-19-30(32-25-34(38(8,9)10)36(40)23-29(32)4)26-41-21-20-27(2)31-24-33(37(5,6)7)35(39)22-28(31)3/h22-25,27,30,39-40H,11-21,26H2,1-10H3. The van der Waals surface area contributed by atoms with E-state index in [-0.39, 0.29) is 10.8 Å². The van der Waals surface area contributed by atoms with Gasteiger partial charge >= 0.3 is 0 Å². The van der Waals surface area contributed by atoms with E-state index in [2.05, 4.69) is 93.1 Å². The molecular weight excluding hydrogens is 520 g/mol. The van der Waals surface area contributed by atoms with E-state index in [1.54, 1.807) is 0 Å². The second-order valence-corrected chi connectivity index (χ2v) is 15.8. The van der Waals surface area contributed by atoms with Crippen LogP contribution in [0.25, 0.3) is 0 Å². The van der Waals surface area contributed by atoms with Crippen LogP contribution >= 0.6 is 11.8 Å². The third kappa shape index (κ3) is 11.2. The summed E-state index contributed by atoms with van der Waals surface area (Å²) in [5.41, 5.74) is 7.17. The molecule has 2 rings (SSSR count). The minimum absolute atomic E-state index is 0.0718. The minimum Gasteiger partial charge on any atom is -0.508 e. The van der Waals surface area contributed by atoms with Gasteiger partial charge < -0.3 is 10.2 Å². The van der Waals surface area contributed by atoms with E-state index >= 15 is 0 Å². The molecule has 0 aliphatic heterocycles. The lowest BCUT2D eigenvalue weighted by atomic mass is 9.81. The minimum atomic E-state index is -0.0773. The summed E-state index contributed by atoms with van der Waals surface area (Å²) in [5, 5.41) is 21.3. The summed E-state index contributed by atoms with van der Waals surface area (Å²) >= 11 is 2.09. The fourth-order valence-electron chi connectivity index (χ4n) is 6.09. The predicted octanol–water partition coefficient (Wildman–Crippen LogP) is 11.9. The van der Waals surface area contributed by atoms with Crippen molar-refractivity contribution in [3.8, 4) is 11.5 Å². The molecule has 0 radical (unpaired) electrons. The molecule has 0 fully saturated rings. The van der Waals surface area contributed by atoms with Gasteiger partial charge in [0.1, 0.15) is 11.5 Å². The molecule has 2 aromatic rings. The van der Waals surface area contributed by atoms with Gasteiger partial charge in [-0.15, -0.1) is 0 Å². The largest absolute Gasteiger partial charge is 0.508 e. The van der Waals surface area contributed by atoms with Crippen molar-refractivity contribution in [2.75, 3.05) is 11.5 Å². The van der Waals surface area contributed by atoms with E-state index in [1.807, 2.05) is 12.1 Å². The van der Waals surface area contributed by atoms with Crippen LogP contribution in [0.5, 0.6) is 11.5 Å². The van der Waals surface area contributed by atoms with Crippen LogP contribution in [0.4, 0.5) is 0 Å². The number of aromatic hydroxyl groups is 2. The zero-order valence-corrected chi connectivity index (χ0v) is 29.1. The molecule has 0 saturated heterocycles. The lowest BCUT2D eigenvalue weighted by Gasteiger charge is -2.26. The Kier molecular flexibility index (Phi) is 14.1. The lowest BCUT2D eigenvalue weighted by Crippen LogP contribution is -2.14. The molecule has 0 heterocycles. The maximum absolute atomic E-state index is 10.7. The van der Waals surface area contributed by atoms with E-state index < -0.39 is 0 Å². The van der Waals surface area contributed by atoms with Gasteiger partial charge in [-0.2, -0.15) is 11.8 Å². The van der Waals surface area contributed by atoms with E-state index in [4.69, 9.17) is 0 Å². The van der Waals surface area contributed by atoms with Crippen LogP contribution in [0.15, 0.2) is 24.3 Å². The van der Waals surface area contributed by atoms with Crippen LogP contribution in [0, 0.1) is 13.8 Å². The van der Waals surface area contributed by atoms with Gasteiger partial charge in [0.25, 0.3) is 0 Å². The maximum atomic E-state index is 10.7. The first kappa shape index (κ1) is 35.6. The van der Waals surface area contributed by atoms with Crippen LogP contribution in [0.2, 0.25) is 0 Å². The predicted molar refractivity (Wildman–Crippen MR) is 183 cm³/mol. The fourth-order valence-corrected chi connectivity index (χ4v) is 7.40. The molecule has 2 nitrogen and oxygen atoms in total. The first-order valence-electron chi connectivity index (χ1n) is 16.4. The summed E-state index contributed by atoms with van der Waals surface area (Å²) in [6.45, 7) is 22.0. The van der Waals surface area contributed by atoms with Crippen molar-refractivity contribution in [3.63, 3.8) is 0 Å². The molecule has 2 atom stereocenters. The highest BCUT2D eigenvalue weighted by atomic mass is 32.2.